The highest BCUT2D eigenvalue weighted by Gasteiger charge is 2.18. The largest absolute Gasteiger partial charge is 0.483 e. The number of aldehydes is 1. The number of aromatic amines is 1. The van der Waals surface area contributed by atoms with Crippen molar-refractivity contribution in [1.82, 2.24) is 10.3 Å². The summed E-state index contributed by atoms with van der Waals surface area (Å²) in [5, 5.41) is 2.41. The molecule has 128 valence electrons. The van der Waals surface area contributed by atoms with Gasteiger partial charge < -0.3 is 19.8 Å². The lowest BCUT2D eigenvalue weighted by Gasteiger charge is -2.10. The summed E-state index contributed by atoms with van der Waals surface area (Å²) in [6, 6.07) is 9.20. The minimum Gasteiger partial charge on any atom is -0.483 e. The van der Waals surface area contributed by atoms with E-state index in [4.69, 9.17) is 4.74 Å². The molecule has 1 heterocycles. The molecule has 0 aliphatic rings. The number of hydrogen-bond donors (Lipinski definition) is 2. The van der Waals surface area contributed by atoms with Crippen molar-refractivity contribution < 1.29 is 19.1 Å². The summed E-state index contributed by atoms with van der Waals surface area (Å²) in [5.74, 6) is -0.657. The molecule has 2 aromatic rings. The molecule has 1 aromatic carbocycles. The summed E-state index contributed by atoms with van der Waals surface area (Å²) in [6.07, 6.45) is 1.61. The molecule has 0 saturated heterocycles. The van der Waals surface area contributed by atoms with Gasteiger partial charge in [0, 0.05) is 27.5 Å². The molecule has 0 fully saturated rings. The Morgan fingerprint density at radius 3 is 2.42 bits per heavy atom. The van der Waals surface area contributed by atoms with E-state index in [0.717, 1.165) is 5.56 Å². The number of nitrogens with one attached hydrogen (secondary N) is 2. The fourth-order valence-electron chi connectivity index (χ4n) is 1.77. The van der Waals surface area contributed by atoms with Gasteiger partial charge in [0.25, 0.3) is 5.91 Å². The zero-order valence-corrected chi connectivity index (χ0v) is 13.8. The molecule has 0 aliphatic carbocycles. The number of amides is 1. The van der Waals surface area contributed by atoms with Crippen LogP contribution in [0.2, 0.25) is 0 Å². The van der Waals surface area contributed by atoms with Crippen LogP contribution in [0, 0.1) is 0 Å². The third-order valence-corrected chi connectivity index (χ3v) is 2.87. The molecule has 2 N–H and O–H groups in total. The highest BCUT2D eigenvalue weighted by atomic mass is 16.5. The fraction of sp³-hybridized carbons (Fsp3) is 0.235. The third kappa shape index (κ3) is 5.06. The van der Waals surface area contributed by atoms with Crippen molar-refractivity contribution in [2.24, 2.45) is 0 Å². The van der Waals surface area contributed by atoms with Gasteiger partial charge in [0.05, 0.1) is 5.56 Å². The second-order valence-corrected chi connectivity index (χ2v) is 4.66. The number of pyridine rings is 1. The molecule has 7 nitrogen and oxygen atoms in total. The minimum atomic E-state index is -0.613. The fourth-order valence-corrected chi connectivity index (χ4v) is 1.77. The van der Waals surface area contributed by atoms with Crippen LogP contribution in [0.15, 0.2) is 41.3 Å². The molecule has 1 aromatic heterocycles. The lowest BCUT2D eigenvalue weighted by atomic mass is 10.2. The molecular weight excluding hydrogens is 312 g/mol. The van der Waals surface area contributed by atoms with Crippen LogP contribution in [0.25, 0.3) is 0 Å². The van der Waals surface area contributed by atoms with Gasteiger partial charge in [-0.25, -0.2) is 0 Å². The first-order valence-corrected chi connectivity index (χ1v) is 7.08. The van der Waals surface area contributed by atoms with Crippen LogP contribution in [0.3, 0.4) is 0 Å². The molecule has 0 unspecified atom stereocenters. The molecule has 1 amide bonds. The Hall–Kier alpha value is -2.93. The lowest BCUT2D eigenvalue weighted by molar-refractivity contribution is 0.0951. The average Bonchev–Trinajstić information content (AvgIpc) is 2.61. The Balaban J connectivity index is 0.000000891. The molecule has 0 spiro atoms. The van der Waals surface area contributed by atoms with Crippen LogP contribution in [-0.2, 0) is 11.3 Å². The second-order valence-electron chi connectivity index (χ2n) is 4.66. The van der Waals surface area contributed by atoms with Crippen molar-refractivity contribution in [3.8, 4) is 5.75 Å². The number of H-pyrrole nitrogens is 1. The van der Waals surface area contributed by atoms with Gasteiger partial charge in [0.1, 0.15) is 6.61 Å². The van der Waals surface area contributed by atoms with E-state index in [1.807, 2.05) is 30.3 Å². The molecule has 0 bridgehead atoms. The topological polar surface area (TPSA) is 97.5 Å². The van der Waals surface area contributed by atoms with E-state index in [-0.39, 0.29) is 23.6 Å². The molecule has 0 radical (unpaired) electrons. The maximum absolute atomic E-state index is 12.1. The van der Waals surface area contributed by atoms with E-state index in [1.54, 1.807) is 14.2 Å². The number of rotatable bonds is 5. The number of aromatic nitrogens is 1. The van der Waals surface area contributed by atoms with Crippen molar-refractivity contribution >= 4 is 12.2 Å². The van der Waals surface area contributed by atoms with E-state index in [9.17, 15) is 14.4 Å². The number of methoxy groups -OCH3 is 1. The number of hydrogen-bond acceptors (Lipinski definition) is 5. The zero-order chi connectivity index (χ0) is 17.9. The second kappa shape index (κ2) is 9.96. The molecule has 7 heteroatoms. The summed E-state index contributed by atoms with van der Waals surface area (Å²) in [7, 11) is 4.69. The SMILES string of the molecule is CNC(=O)c1[nH]cc(C=O)c(=O)c1OCc1ccccc1.COC. The van der Waals surface area contributed by atoms with Crippen LogP contribution in [0.4, 0.5) is 0 Å². The summed E-state index contributed by atoms with van der Waals surface area (Å²) in [6.45, 7) is 0.121. The van der Waals surface area contributed by atoms with Gasteiger partial charge in [0.2, 0.25) is 5.43 Å². The van der Waals surface area contributed by atoms with Gasteiger partial charge >= 0.3 is 0 Å². The maximum Gasteiger partial charge on any atom is 0.271 e. The van der Waals surface area contributed by atoms with Gasteiger partial charge in [-0.2, -0.15) is 0 Å². The number of benzene rings is 1. The minimum absolute atomic E-state index is 0.0102. The molecule has 0 atom stereocenters. The van der Waals surface area contributed by atoms with Crippen molar-refractivity contribution in [1.29, 1.82) is 0 Å². The van der Waals surface area contributed by atoms with Crippen LogP contribution in [-0.4, -0.2) is 38.4 Å². The first-order chi connectivity index (χ1) is 11.6. The first kappa shape index (κ1) is 19.1. The Morgan fingerprint density at radius 1 is 1.25 bits per heavy atom. The number of carbonyl (C=O) groups is 2. The van der Waals surface area contributed by atoms with Gasteiger partial charge in [-0.15, -0.1) is 0 Å². The van der Waals surface area contributed by atoms with E-state index < -0.39 is 11.3 Å². The molecule has 0 aliphatic heterocycles. The predicted molar refractivity (Wildman–Crippen MR) is 89.5 cm³/mol. The maximum atomic E-state index is 12.1. The van der Waals surface area contributed by atoms with Crippen LogP contribution in [0.5, 0.6) is 5.75 Å². The van der Waals surface area contributed by atoms with Gasteiger partial charge in [0.15, 0.2) is 17.7 Å². The Bertz CT molecular complexity index is 726. The van der Waals surface area contributed by atoms with Gasteiger partial charge in [-0.1, -0.05) is 30.3 Å². The summed E-state index contributed by atoms with van der Waals surface area (Å²) in [5.41, 5.74) is 0.129. The van der Waals surface area contributed by atoms with E-state index in [1.165, 1.54) is 13.2 Å². The van der Waals surface area contributed by atoms with Gasteiger partial charge in [-0.3, -0.25) is 14.4 Å². The van der Waals surface area contributed by atoms with Crippen molar-refractivity contribution in [3.63, 3.8) is 0 Å². The molecule has 2 rings (SSSR count). The van der Waals surface area contributed by atoms with Crippen molar-refractivity contribution in [2.75, 3.05) is 21.3 Å². The Kier molecular flexibility index (Phi) is 7.93. The van der Waals surface area contributed by atoms with E-state index in [0.29, 0.717) is 6.29 Å². The summed E-state index contributed by atoms with van der Waals surface area (Å²) in [4.78, 5) is 37.3. The molecule has 0 saturated carbocycles. The standard InChI is InChI=1S/C15H14N2O4.C2H6O/c1-16-15(20)12-14(13(19)11(8-18)7-17-12)21-9-10-5-3-2-4-6-10;1-3-2/h2-8H,9H2,1H3,(H,16,20)(H,17,19);1-2H3. The van der Waals surface area contributed by atoms with Crippen LogP contribution >= 0.6 is 0 Å². The molecule has 24 heavy (non-hydrogen) atoms. The highest BCUT2D eigenvalue weighted by molar-refractivity contribution is 5.95. The Labute approximate surface area is 139 Å². The van der Waals surface area contributed by atoms with Crippen molar-refractivity contribution in [2.45, 2.75) is 6.61 Å². The zero-order valence-electron chi connectivity index (χ0n) is 13.8. The quantitative estimate of drug-likeness (QED) is 0.806. The average molecular weight is 332 g/mol. The van der Waals surface area contributed by atoms with Crippen molar-refractivity contribution in [3.05, 3.63) is 63.6 Å². The monoisotopic (exact) mass is 332 g/mol. The van der Waals surface area contributed by atoms with Crippen LogP contribution in [0.1, 0.15) is 26.4 Å². The first-order valence-electron chi connectivity index (χ1n) is 7.08. The van der Waals surface area contributed by atoms with E-state index in [2.05, 4.69) is 15.0 Å². The summed E-state index contributed by atoms with van der Waals surface area (Å²) < 4.78 is 9.71. The predicted octanol–water partition coefficient (Wildman–Crippen LogP) is 1.39. The highest BCUT2D eigenvalue weighted by Crippen LogP contribution is 2.13. The normalized spacial score (nSPS) is 9.46. The van der Waals surface area contributed by atoms with Gasteiger partial charge in [-0.05, 0) is 5.56 Å². The lowest BCUT2D eigenvalue weighted by Crippen LogP contribution is -2.25. The number of ether oxygens (including phenoxy) is 2. The third-order valence-electron chi connectivity index (χ3n) is 2.87. The smallest absolute Gasteiger partial charge is 0.271 e. The molecular formula is C17H20N2O5. The Morgan fingerprint density at radius 2 is 1.88 bits per heavy atom. The summed E-state index contributed by atoms with van der Waals surface area (Å²) >= 11 is 0. The number of carbonyl (C=O) groups excluding carboxylic acids is 2. The van der Waals surface area contributed by atoms with Crippen LogP contribution < -0.4 is 15.5 Å². The van der Waals surface area contributed by atoms with E-state index >= 15 is 0 Å².